The first-order valence-electron chi connectivity index (χ1n) is 8.39. The number of sulfone groups is 1. The predicted octanol–water partition coefficient (Wildman–Crippen LogP) is 1.23. The zero-order chi connectivity index (χ0) is 18.1. The van der Waals surface area contributed by atoms with Gasteiger partial charge in [0.05, 0.1) is 22.3 Å². The standard InChI is InChI=1S/C16H22N2O5S2/c19-16(13-8-11-24(20,21)12-13)17-14-4-6-15(7-5-14)25(22,23)18-9-2-1-3-10-18/h4-7,13H,1-3,8-12H2,(H,17,19)/t13-/m0/s1. The molecule has 0 radical (unpaired) electrons. The van der Waals surface area contributed by atoms with Gasteiger partial charge in [-0.25, -0.2) is 16.8 Å². The molecule has 25 heavy (non-hydrogen) atoms. The van der Waals surface area contributed by atoms with Crippen molar-refractivity contribution in [1.29, 1.82) is 0 Å². The molecule has 0 aliphatic carbocycles. The van der Waals surface area contributed by atoms with Crippen LogP contribution in [0.25, 0.3) is 0 Å². The van der Waals surface area contributed by atoms with Gasteiger partial charge in [0.1, 0.15) is 0 Å². The van der Waals surface area contributed by atoms with Crippen molar-refractivity contribution in [2.24, 2.45) is 5.92 Å². The molecule has 138 valence electrons. The van der Waals surface area contributed by atoms with Gasteiger partial charge >= 0.3 is 0 Å². The summed E-state index contributed by atoms with van der Waals surface area (Å²) in [5.41, 5.74) is 0.465. The van der Waals surface area contributed by atoms with Crippen molar-refractivity contribution in [2.75, 3.05) is 29.9 Å². The highest BCUT2D eigenvalue weighted by atomic mass is 32.2. The van der Waals surface area contributed by atoms with Gasteiger partial charge < -0.3 is 5.32 Å². The van der Waals surface area contributed by atoms with Crippen molar-refractivity contribution in [3.8, 4) is 0 Å². The van der Waals surface area contributed by atoms with E-state index in [2.05, 4.69) is 5.32 Å². The molecule has 9 heteroatoms. The third-order valence-corrected chi connectivity index (χ3v) is 8.36. The second-order valence-corrected chi connectivity index (χ2v) is 10.7. The SMILES string of the molecule is O=C(Nc1ccc(S(=O)(=O)N2CCCCC2)cc1)[C@H]1CCS(=O)(=O)C1. The second kappa shape index (κ2) is 7.05. The number of sulfonamides is 1. The summed E-state index contributed by atoms with van der Waals surface area (Å²) >= 11 is 0. The molecular formula is C16H22N2O5S2. The number of hydrogen-bond donors (Lipinski definition) is 1. The van der Waals surface area contributed by atoms with Gasteiger partial charge in [-0.2, -0.15) is 4.31 Å². The Morgan fingerprint density at radius 3 is 2.28 bits per heavy atom. The van der Waals surface area contributed by atoms with Gasteiger partial charge in [-0.1, -0.05) is 6.42 Å². The molecule has 1 atom stereocenters. The zero-order valence-electron chi connectivity index (χ0n) is 13.8. The molecule has 2 saturated heterocycles. The van der Waals surface area contributed by atoms with Crippen LogP contribution >= 0.6 is 0 Å². The minimum Gasteiger partial charge on any atom is -0.326 e. The van der Waals surface area contributed by atoms with Crippen molar-refractivity contribution >= 4 is 31.5 Å². The Labute approximate surface area is 148 Å². The number of carbonyl (C=O) groups excluding carboxylic acids is 1. The molecule has 1 amide bonds. The number of carbonyl (C=O) groups is 1. The van der Waals surface area contributed by atoms with Crippen LogP contribution in [0.2, 0.25) is 0 Å². The zero-order valence-corrected chi connectivity index (χ0v) is 15.5. The number of amides is 1. The molecule has 0 unspecified atom stereocenters. The number of piperidine rings is 1. The van der Waals surface area contributed by atoms with Gasteiger partial charge in [0.15, 0.2) is 9.84 Å². The Kier molecular flexibility index (Phi) is 5.17. The summed E-state index contributed by atoms with van der Waals surface area (Å²) in [4.78, 5) is 12.3. The van der Waals surface area contributed by atoms with Crippen LogP contribution in [0.15, 0.2) is 29.2 Å². The fraction of sp³-hybridized carbons (Fsp3) is 0.562. The Morgan fingerprint density at radius 1 is 1.08 bits per heavy atom. The lowest BCUT2D eigenvalue weighted by Crippen LogP contribution is -2.35. The van der Waals surface area contributed by atoms with Gasteiger partial charge in [-0.3, -0.25) is 4.79 Å². The third-order valence-electron chi connectivity index (χ3n) is 4.68. The first-order valence-corrected chi connectivity index (χ1v) is 11.7. The fourth-order valence-corrected chi connectivity index (χ4v) is 6.47. The van der Waals surface area contributed by atoms with Gasteiger partial charge in [-0.15, -0.1) is 0 Å². The number of anilines is 1. The summed E-state index contributed by atoms with van der Waals surface area (Å²) in [6.07, 6.45) is 3.12. The summed E-state index contributed by atoms with van der Waals surface area (Å²) in [6, 6.07) is 6.03. The Bertz CT molecular complexity index is 841. The molecule has 0 spiro atoms. The van der Waals surface area contributed by atoms with E-state index < -0.39 is 25.8 Å². The van der Waals surface area contributed by atoms with Gasteiger partial charge in [0.2, 0.25) is 15.9 Å². The first kappa shape index (κ1) is 18.3. The monoisotopic (exact) mass is 386 g/mol. The van der Waals surface area contributed by atoms with E-state index >= 15 is 0 Å². The number of rotatable bonds is 4. The molecule has 2 fully saturated rings. The fourth-order valence-electron chi connectivity index (χ4n) is 3.21. The van der Waals surface area contributed by atoms with Crippen molar-refractivity contribution in [3.05, 3.63) is 24.3 Å². The Morgan fingerprint density at radius 2 is 1.72 bits per heavy atom. The largest absolute Gasteiger partial charge is 0.326 e. The van der Waals surface area contributed by atoms with E-state index in [-0.39, 0.29) is 22.3 Å². The number of nitrogens with one attached hydrogen (secondary N) is 1. The molecule has 2 heterocycles. The van der Waals surface area contributed by atoms with Crippen molar-refractivity contribution in [2.45, 2.75) is 30.6 Å². The maximum atomic E-state index is 12.6. The number of hydrogen-bond acceptors (Lipinski definition) is 5. The van der Waals surface area contributed by atoms with Crippen LogP contribution in [0.1, 0.15) is 25.7 Å². The van der Waals surface area contributed by atoms with E-state index in [0.717, 1.165) is 19.3 Å². The Balaban J connectivity index is 1.67. The van der Waals surface area contributed by atoms with Crippen molar-refractivity contribution in [3.63, 3.8) is 0 Å². The smallest absolute Gasteiger partial charge is 0.243 e. The van der Waals surface area contributed by atoms with E-state index in [1.807, 2.05) is 0 Å². The summed E-state index contributed by atoms with van der Waals surface area (Å²) in [5.74, 6) is -0.965. The normalized spacial score (nSPS) is 24.1. The molecule has 1 aromatic carbocycles. The lowest BCUT2D eigenvalue weighted by atomic mass is 10.1. The van der Waals surface area contributed by atoms with E-state index in [9.17, 15) is 21.6 Å². The predicted molar refractivity (Wildman–Crippen MR) is 94.4 cm³/mol. The molecule has 0 bridgehead atoms. The minimum absolute atomic E-state index is 0.0398. The average molecular weight is 386 g/mol. The Hall–Kier alpha value is -1.45. The van der Waals surface area contributed by atoms with Crippen molar-refractivity contribution in [1.82, 2.24) is 4.31 Å². The van der Waals surface area contributed by atoms with Gasteiger partial charge in [0.25, 0.3) is 0 Å². The minimum atomic E-state index is -3.50. The molecule has 0 aromatic heterocycles. The van der Waals surface area contributed by atoms with Crippen LogP contribution < -0.4 is 5.32 Å². The second-order valence-electron chi connectivity index (χ2n) is 6.58. The average Bonchev–Trinajstić information content (AvgIpc) is 2.96. The van der Waals surface area contributed by atoms with Crippen molar-refractivity contribution < 1.29 is 21.6 Å². The van der Waals surface area contributed by atoms with Gasteiger partial charge in [-0.05, 0) is 43.5 Å². The number of benzene rings is 1. The van der Waals surface area contributed by atoms with E-state index in [4.69, 9.17) is 0 Å². The molecule has 3 rings (SSSR count). The van der Waals surface area contributed by atoms with Crippen LogP contribution in [0.4, 0.5) is 5.69 Å². The molecule has 7 nitrogen and oxygen atoms in total. The summed E-state index contributed by atoms with van der Waals surface area (Å²) in [6.45, 7) is 1.08. The first-order chi connectivity index (χ1) is 11.8. The van der Waals surface area contributed by atoms with E-state index in [1.165, 1.54) is 28.6 Å². The molecule has 1 aromatic rings. The highest BCUT2D eigenvalue weighted by molar-refractivity contribution is 7.91. The van der Waals surface area contributed by atoms with E-state index in [1.54, 1.807) is 0 Å². The van der Waals surface area contributed by atoms with E-state index in [0.29, 0.717) is 25.2 Å². The molecule has 0 saturated carbocycles. The topological polar surface area (TPSA) is 101 Å². The van der Waals surface area contributed by atoms with Crippen LogP contribution in [-0.4, -0.2) is 51.6 Å². The summed E-state index contributed by atoms with van der Waals surface area (Å²) < 4.78 is 49.5. The molecular weight excluding hydrogens is 364 g/mol. The summed E-state index contributed by atoms with van der Waals surface area (Å²) in [5, 5.41) is 2.67. The molecule has 1 N–H and O–H groups in total. The van der Waals surface area contributed by atoms with Crippen LogP contribution in [0, 0.1) is 5.92 Å². The lowest BCUT2D eigenvalue weighted by molar-refractivity contribution is -0.119. The third kappa shape index (κ3) is 4.21. The molecule has 2 aliphatic rings. The highest BCUT2D eigenvalue weighted by Gasteiger charge is 2.33. The molecule has 2 aliphatic heterocycles. The van der Waals surface area contributed by atoms with Crippen LogP contribution in [0.5, 0.6) is 0 Å². The maximum Gasteiger partial charge on any atom is 0.243 e. The van der Waals surface area contributed by atoms with Gasteiger partial charge in [0, 0.05) is 18.8 Å². The summed E-state index contributed by atoms with van der Waals surface area (Å²) in [7, 11) is -6.61. The maximum absolute atomic E-state index is 12.6. The van der Waals surface area contributed by atoms with Crippen LogP contribution in [0.3, 0.4) is 0 Å². The lowest BCUT2D eigenvalue weighted by Gasteiger charge is -2.25. The quantitative estimate of drug-likeness (QED) is 0.839. The van der Waals surface area contributed by atoms with Crippen LogP contribution in [-0.2, 0) is 24.7 Å². The highest BCUT2D eigenvalue weighted by Crippen LogP contribution is 2.23. The number of nitrogens with zero attached hydrogens (tertiary/aromatic N) is 1.